The number of carbonyl (C=O) groups excluding carboxylic acids is 1. The molecule has 19 heavy (non-hydrogen) atoms. The summed E-state index contributed by atoms with van der Waals surface area (Å²) in [7, 11) is 1.69. The average molecular weight is 261 g/mol. The standard InChI is InChI=1S/C13H15N3O3/c1-10-14-15-13(19-10)16(2)8-12(17)18-9-11-6-4-3-5-7-11/h3-7H,8-9H2,1-2H3. The van der Waals surface area contributed by atoms with Gasteiger partial charge in [0.15, 0.2) is 0 Å². The van der Waals surface area contributed by atoms with Gasteiger partial charge >= 0.3 is 12.0 Å². The fourth-order valence-corrected chi connectivity index (χ4v) is 1.49. The molecular weight excluding hydrogens is 246 g/mol. The van der Waals surface area contributed by atoms with Gasteiger partial charge in [-0.25, -0.2) is 0 Å². The maximum absolute atomic E-state index is 11.7. The number of likely N-dealkylation sites (N-methyl/N-ethyl adjacent to an activating group) is 1. The third-order valence-corrected chi connectivity index (χ3v) is 2.45. The topological polar surface area (TPSA) is 68.5 Å². The Morgan fingerprint density at radius 1 is 1.32 bits per heavy atom. The predicted octanol–water partition coefficient (Wildman–Crippen LogP) is 1.56. The maximum Gasteiger partial charge on any atom is 0.326 e. The highest BCUT2D eigenvalue weighted by Gasteiger charge is 2.13. The van der Waals surface area contributed by atoms with Gasteiger partial charge in [-0.15, -0.1) is 5.10 Å². The summed E-state index contributed by atoms with van der Waals surface area (Å²) in [5, 5.41) is 7.52. The van der Waals surface area contributed by atoms with Crippen molar-refractivity contribution in [2.24, 2.45) is 0 Å². The van der Waals surface area contributed by atoms with Crippen LogP contribution < -0.4 is 4.90 Å². The molecule has 0 aliphatic heterocycles. The lowest BCUT2D eigenvalue weighted by molar-refractivity contribution is -0.143. The van der Waals surface area contributed by atoms with Crippen LogP contribution in [0.2, 0.25) is 0 Å². The van der Waals surface area contributed by atoms with Gasteiger partial charge < -0.3 is 14.1 Å². The molecule has 0 bridgehead atoms. The van der Waals surface area contributed by atoms with E-state index in [1.54, 1.807) is 18.9 Å². The summed E-state index contributed by atoms with van der Waals surface area (Å²) in [6, 6.07) is 9.81. The van der Waals surface area contributed by atoms with Crippen molar-refractivity contribution in [3.05, 3.63) is 41.8 Å². The zero-order chi connectivity index (χ0) is 13.7. The van der Waals surface area contributed by atoms with Crippen LogP contribution in [-0.4, -0.2) is 29.8 Å². The second-order valence-corrected chi connectivity index (χ2v) is 4.11. The summed E-state index contributed by atoms with van der Waals surface area (Å²) >= 11 is 0. The van der Waals surface area contributed by atoms with Gasteiger partial charge in [0.25, 0.3) is 0 Å². The average Bonchev–Trinajstić information content (AvgIpc) is 2.84. The van der Waals surface area contributed by atoms with Crippen molar-refractivity contribution < 1.29 is 13.9 Å². The third-order valence-electron chi connectivity index (χ3n) is 2.45. The predicted molar refractivity (Wildman–Crippen MR) is 68.5 cm³/mol. The summed E-state index contributed by atoms with van der Waals surface area (Å²) < 4.78 is 10.4. The van der Waals surface area contributed by atoms with Crippen LogP contribution in [0.25, 0.3) is 0 Å². The van der Waals surface area contributed by atoms with Gasteiger partial charge in [0.05, 0.1) is 0 Å². The van der Waals surface area contributed by atoms with Gasteiger partial charge in [-0.2, -0.15) is 0 Å². The fraction of sp³-hybridized carbons (Fsp3) is 0.308. The first-order chi connectivity index (χ1) is 9.15. The molecule has 1 aromatic carbocycles. The van der Waals surface area contributed by atoms with Crippen LogP contribution >= 0.6 is 0 Å². The molecule has 0 radical (unpaired) electrons. The van der Waals surface area contributed by atoms with Gasteiger partial charge in [-0.05, 0) is 5.56 Å². The summed E-state index contributed by atoms with van der Waals surface area (Å²) in [6.07, 6.45) is 0. The molecule has 0 aliphatic rings. The molecule has 0 N–H and O–H groups in total. The highest BCUT2D eigenvalue weighted by molar-refractivity contribution is 5.74. The van der Waals surface area contributed by atoms with Crippen LogP contribution in [0, 0.1) is 6.92 Å². The van der Waals surface area contributed by atoms with E-state index in [0.717, 1.165) is 5.56 Å². The monoisotopic (exact) mass is 261 g/mol. The number of benzene rings is 1. The first kappa shape index (κ1) is 13.1. The SMILES string of the molecule is Cc1nnc(N(C)CC(=O)OCc2ccccc2)o1. The van der Waals surface area contributed by atoms with Crippen molar-refractivity contribution in [2.45, 2.75) is 13.5 Å². The van der Waals surface area contributed by atoms with E-state index < -0.39 is 0 Å². The fourth-order valence-electron chi connectivity index (χ4n) is 1.49. The first-order valence-electron chi connectivity index (χ1n) is 5.86. The van der Waals surface area contributed by atoms with Gasteiger partial charge in [-0.3, -0.25) is 4.79 Å². The van der Waals surface area contributed by atoms with E-state index in [4.69, 9.17) is 9.15 Å². The molecule has 0 atom stereocenters. The van der Waals surface area contributed by atoms with Crippen molar-refractivity contribution in [1.82, 2.24) is 10.2 Å². The van der Waals surface area contributed by atoms with E-state index in [9.17, 15) is 4.79 Å². The molecule has 0 unspecified atom stereocenters. The van der Waals surface area contributed by atoms with Crippen LogP contribution in [0.1, 0.15) is 11.5 Å². The molecule has 0 aliphatic carbocycles. The molecule has 2 rings (SSSR count). The number of aromatic nitrogens is 2. The van der Waals surface area contributed by atoms with Crippen LogP contribution in [0.5, 0.6) is 0 Å². The largest absolute Gasteiger partial charge is 0.459 e. The highest BCUT2D eigenvalue weighted by atomic mass is 16.5. The molecule has 0 fully saturated rings. The van der Waals surface area contributed by atoms with Crippen LogP contribution in [0.15, 0.2) is 34.7 Å². The van der Waals surface area contributed by atoms with Crippen LogP contribution in [-0.2, 0) is 16.1 Å². The molecule has 0 saturated heterocycles. The first-order valence-corrected chi connectivity index (χ1v) is 5.86. The van der Waals surface area contributed by atoms with Gasteiger partial charge in [-0.1, -0.05) is 35.4 Å². The minimum absolute atomic E-state index is 0.0640. The second-order valence-electron chi connectivity index (χ2n) is 4.11. The number of esters is 1. The van der Waals surface area contributed by atoms with Crippen molar-refractivity contribution >= 4 is 12.0 Å². The molecule has 1 heterocycles. The van der Waals surface area contributed by atoms with E-state index in [1.807, 2.05) is 30.3 Å². The zero-order valence-electron chi connectivity index (χ0n) is 10.9. The lowest BCUT2D eigenvalue weighted by Crippen LogP contribution is -2.27. The normalized spacial score (nSPS) is 10.2. The molecule has 0 spiro atoms. The Balaban J connectivity index is 1.81. The van der Waals surface area contributed by atoms with E-state index >= 15 is 0 Å². The Hall–Kier alpha value is -2.37. The molecule has 2 aromatic rings. The Bertz CT molecular complexity index is 539. The van der Waals surface area contributed by atoms with Crippen molar-refractivity contribution in [3.8, 4) is 0 Å². The van der Waals surface area contributed by atoms with Crippen molar-refractivity contribution in [2.75, 3.05) is 18.5 Å². The molecule has 6 heteroatoms. The van der Waals surface area contributed by atoms with E-state index in [0.29, 0.717) is 11.9 Å². The minimum Gasteiger partial charge on any atom is -0.459 e. The molecule has 100 valence electrons. The van der Waals surface area contributed by atoms with Gasteiger partial charge in [0.1, 0.15) is 13.2 Å². The van der Waals surface area contributed by atoms with Gasteiger partial charge in [0, 0.05) is 14.0 Å². The Morgan fingerprint density at radius 2 is 2.05 bits per heavy atom. The number of hydrogen-bond acceptors (Lipinski definition) is 6. The molecule has 6 nitrogen and oxygen atoms in total. The Kier molecular flexibility index (Phi) is 4.12. The van der Waals surface area contributed by atoms with E-state index in [1.165, 1.54) is 0 Å². The summed E-state index contributed by atoms with van der Waals surface area (Å²) in [4.78, 5) is 13.2. The third kappa shape index (κ3) is 3.80. The summed E-state index contributed by atoms with van der Waals surface area (Å²) in [6.45, 7) is 2.02. The molecule has 0 saturated carbocycles. The number of anilines is 1. The number of nitrogens with zero attached hydrogens (tertiary/aromatic N) is 3. The van der Waals surface area contributed by atoms with Crippen molar-refractivity contribution in [1.29, 1.82) is 0 Å². The molecule has 0 amide bonds. The lowest BCUT2D eigenvalue weighted by Gasteiger charge is -2.12. The maximum atomic E-state index is 11.7. The highest BCUT2D eigenvalue weighted by Crippen LogP contribution is 2.09. The van der Waals surface area contributed by atoms with Gasteiger partial charge in [0.2, 0.25) is 5.89 Å². The zero-order valence-corrected chi connectivity index (χ0v) is 10.9. The summed E-state index contributed by atoms with van der Waals surface area (Å²) in [5.41, 5.74) is 0.951. The number of carbonyl (C=O) groups is 1. The number of hydrogen-bond donors (Lipinski definition) is 0. The Morgan fingerprint density at radius 3 is 2.68 bits per heavy atom. The minimum atomic E-state index is -0.345. The smallest absolute Gasteiger partial charge is 0.326 e. The van der Waals surface area contributed by atoms with E-state index in [2.05, 4.69) is 10.2 Å². The van der Waals surface area contributed by atoms with Crippen LogP contribution in [0.3, 0.4) is 0 Å². The van der Waals surface area contributed by atoms with Crippen LogP contribution in [0.4, 0.5) is 6.01 Å². The Labute approximate surface area is 111 Å². The quantitative estimate of drug-likeness (QED) is 0.761. The second kappa shape index (κ2) is 5.99. The summed E-state index contributed by atoms with van der Waals surface area (Å²) in [5.74, 6) is 0.113. The molecular formula is C13H15N3O3. The number of ether oxygens (including phenoxy) is 1. The lowest BCUT2D eigenvalue weighted by atomic mass is 10.2. The number of aryl methyl sites for hydroxylation is 1. The van der Waals surface area contributed by atoms with E-state index in [-0.39, 0.29) is 19.1 Å². The number of rotatable bonds is 5. The molecule has 1 aromatic heterocycles. The van der Waals surface area contributed by atoms with Crippen molar-refractivity contribution in [3.63, 3.8) is 0 Å².